The standard InChI is InChI=1S/C22H23FN2O/c1-3-21(26)11-10-18-12-15(2)16(13-22(18,21)17-4-5-17)14-24-25-20-8-6-19(23)7-9-20/h1,6-9,12,14,17,25-26H,4-5,10-11,13H2,2H3/b24-14-/t21-,22?/m0/s1. The molecule has 3 aliphatic carbocycles. The highest BCUT2D eigenvalue weighted by Gasteiger charge is 2.63. The quantitative estimate of drug-likeness (QED) is 0.479. The zero-order valence-corrected chi connectivity index (χ0v) is 14.9. The minimum absolute atomic E-state index is 0.274. The number of fused-ring (bicyclic) bond motifs is 1. The Morgan fingerprint density at radius 3 is 2.73 bits per heavy atom. The normalized spacial score (nSPS) is 30.9. The van der Waals surface area contributed by atoms with Gasteiger partial charge in [-0.2, -0.15) is 5.10 Å². The van der Waals surface area contributed by atoms with E-state index in [0.29, 0.717) is 12.3 Å². The van der Waals surface area contributed by atoms with Crippen molar-refractivity contribution in [2.24, 2.45) is 16.4 Å². The van der Waals surface area contributed by atoms with Gasteiger partial charge in [0.15, 0.2) is 0 Å². The first-order valence-corrected chi connectivity index (χ1v) is 9.14. The summed E-state index contributed by atoms with van der Waals surface area (Å²) in [7, 11) is 0. The molecular formula is C22H23FN2O. The van der Waals surface area contributed by atoms with Gasteiger partial charge in [-0.1, -0.05) is 17.6 Å². The van der Waals surface area contributed by atoms with E-state index < -0.39 is 5.60 Å². The minimum Gasteiger partial charge on any atom is -0.377 e. The summed E-state index contributed by atoms with van der Waals surface area (Å²) in [5, 5.41) is 15.5. The van der Waals surface area contributed by atoms with Crippen LogP contribution in [0.15, 0.2) is 52.2 Å². The number of terminal acetylenes is 1. The number of hydrogen-bond acceptors (Lipinski definition) is 3. The molecule has 0 radical (unpaired) electrons. The van der Waals surface area contributed by atoms with Crippen molar-refractivity contribution in [2.75, 3.05) is 5.43 Å². The molecule has 3 aliphatic rings. The predicted octanol–water partition coefficient (Wildman–Crippen LogP) is 4.42. The number of rotatable bonds is 4. The van der Waals surface area contributed by atoms with Crippen molar-refractivity contribution in [3.8, 4) is 12.3 Å². The van der Waals surface area contributed by atoms with E-state index in [1.54, 1.807) is 12.1 Å². The zero-order valence-electron chi connectivity index (χ0n) is 14.9. The predicted molar refractivity (Wildman–Crippen MR) is 102 cm³/mol. The summed E-state index contributed by atoms with van der Waals surface area (Å²) >= 11 is 0. The van der Waals surface area contributed by atoms with E-state index in [9.17, 15) is 9.50 Å². The van der Waals surface area contributed by atoms with Crippen LogP contribution in [0.3, 0.4) is 0 Å². The van der Waals surface area contributed by atoms with Crippen LogP contribution < -0.4 is 5.43 Å². The van der Waals surface area contributed by atoms with Gasteiger partial charge in [0.2, 0.25) is 0 Å². The molecular weight excluding hydrogens is 327 g/mol. The van der Waals surface area contributed by atoms with Crippen LogP contribution in [0.5, 0.6) is 0 Å². The van der Waals surface area contributed by atoms with Crippen LogP contribution in [0, 0.1) is 29.5 Å². The van der Waals surface area contributed by atoms with E-state index in [-0.39, 0.29) is 11.2 Å². The maximum Gasteiger partial charge on any atom is 0.135 e. The molecule has 4 heteroatoms. The van der Waals surface area contributed by atoms with Gasteiger partial charge in [-0.15, -0.1) is 6.42 Å². The molecule has 26 heavy (non-hydrogen) atoms. The molecule has 134 valence electrons. The molecule has 0 heterocycles. The fourth-order valence-corrected chi connectivity index (χ4v) is 4.66. The van der Waals surface area contributed by atoms with Gasteiger partial charge in [0.05, 0.1) is 11.9 Å². The van der Waals surface area contributed by atoms with Gasteiger partial charge < -0.3 is 5.11 Å². The highest BCUT2D eigenvalue weighted by molar-refractivity contribution is 5.82. The van der Waals surface area contributed by atoms with Gasteiger partial charge in [0.1, 0.15) is 11.4 Å². The molecule has 2 saturated carbocycles. The van der Waals surface area contributed by atoms with Crippen LogP contribution in [-0.2, 0) is 0 Å². The molecule has 0 saturated heterocycles. The highest BCUT2D eigenvalue weighted by Crippen LogP contribution is 2.66. The number of aliphatic hydroxyl groups is 1. The van der Waals surface area contributed by atoms with E-state index in [4.69, 9.17) is 6.42 Å². The molecule has 2 fully saturated rings. The highest BCUT2D eigenvalue weighted by atomic mass is 19.1. The lowest BCUT2D eigenvalue weighted by Gasteiger charge is -2.43. The van der Waals surface area contributed by atoms with E-state index in [2.05, 4.69) is 29.4 Å². The van der Waals surface area contributed by atoms with Crippen molar-refractivity contribution in [3.63, 3.8) is 0 Å². The first kappa shape index (κ1) is 17.1. The number of benzene rings is 1. The summed E-state index contributed by atoms with van der Waals surface area (Å²) in [5.74, 6) is 2.90. The number of hydrogen-bond donors (Lipinski definition) is 2. The van der Waals surface area contributed by atoms with Gasteiger partial charge >= 0.3 is 0 Å². The molecule has 2 atom stereocenters. The molecule has 0 spiro atoms. The first-order chi connectivity index (χ1) is 12.5. The molecule has 2 N–H and O–H groups in total. The van der Waals surface area contributed by atoms with Gasteiger partial charge in [-0.05, 0) is 80.4 Å². The molecule has 1 unspecified atom stereocenters. The number of nitrogens with zero attached hydrogens (tertiary/aromatic N) is 1. The van der Waals surface area contributed by atoms with Gasteiger partial charge in [0.25, 0.3) is 0 Å². The lowest BCUT2D eigenvalue weighted by Crippen LogP contribution is -2.46. The van der Waals surface area contributed by atoms with Crippen LogP contribution in [0.1, 0.15) is 39.0 Å². The average molecular weight is 350 g/mol. The Hall–Kier alpha value is -2.38. The lowest BCUT2D eigenvalue weighted by molar-refractivity contribution is -0.00814. The van der Waals surface area contributed by atoms with Crippen molar-refractivity contribution in [2.45, 2.75) is 44.6 Å². The monoisotopic (exact) mass is 350 g/mol. The van der Waals surface area contributed by atoms with Crippen molar-refractivity contribution in [1.82, 2.24) is 0 Å². The lowest BCUT2D eigenvalue weighted by atomic mass is 9.62. The second kappa shape index (κ2) is 6.10. The first-order valence-electron chi connectivity index (χ1n) is 9.14. The summed E-state index contributed by atoms with van der Waals surface area (Å²) in [6.07, 6.45) is 14.3. The van der Waals surface area contributed by atoms with Crippen LogP contribution in [0.4, 0.5) is 10.1 Å². The summed E-state index contributed by atoms with van der Waals surface area (Å²) in [4.78, 5) is 0. The van der Waals surface area contributed by atoms with Crippen molar-refractivity contribution in [3.05, 3.63) is 52.9 Å². The van der Waals surface area contributed by atoms with Crippen molar-refractivity contribution < 1.29 is 9.50 Å². The molecule has 0 aliphatic heterocycles. The molecule has 3 nitrogen and oxygen atoms in total. The van der Waals surface area contributed by atoms with Crippen LogP contribution >= 0.6 is 0 Å². The third-order valence-electron chi connectivity index (χ3n) is 6.21. The number of allylic oxidation sites excluding steroid dienone is 3. The Balaban J connectivity index is 1.60. The van der Waals surface area contributed by atoms with Gasteiger partial charge in [-0.25, -0.2) is 4.39 Å². The molecule has 0 amide bonds. The van der Waals surface area contributed by atoms with Crippen LogP contribution in [0.2, 0.25) is 0 Å². The Kier molecular flexibility index (Phi) is 4.00. The maximum atomic E-state index is 13.0. The van der Waals surface area contributed by atoms with Crippen LogP contribution in [0.25, 0.3) is 0 Å². The largest absolute Gasteiger partial charge is 0.377 e. The fourth-order valence-electron chi connectivity index (χ4n) is 4.66. The Morgan fingerprint density at radius 2 is 2.08 bits per heavy atom. The van der Waals surface area contributed by atoms with Crippen molar-refractivity contribution in [1.29, 1.82) is 0 Å². The third kappa shape index (κ3) is 2.59. The average Bonchev–Trinajstić information content (AvgIpc) is 3.44. The number of anilines is 1. The Labute approximate surface area is 153 Å². The van der Waals surface area contributed by atoms with Crippen LogP contribution in [-0.4, -0.2) is 16.9 Å². The van der Waals surface area contributed by atoms with Gasteiger partial charge in [0, 0.05) is 5.41 Å². The summed E-state index contributed by atoms with van der Waals surface area (Å²) in [6.45, 7) is 2.08. The van der Waals surface area contributed by atoms with E-state index in [1.165, 1.54) is 23.3 Å². The maximum absolute atomic E-state index is 13.0. The number of halogens is 1. The molecule has 4 rings (SSSR count). The third-order valence-corrected chi connectivity index (χ3v) is 6.21. The Morgan fingerprint density at radius 1 is 1.35 bits per heavy atom. The number of hydrazone groups is 1. The second-order valence-electron chi connectivity index (χ2n) is 7.68. The topological polar surface area (TPSA) is 44.6 Å². The SMILES string of the molecule is C#C[C@]1(O)CCC2=CC(C)=C(/C=N\Nc3ccc(F)cc3)CC21C1CC1. The molecule has 1 aromatic carbocycles. The fraction of sp³-hybridized carbons (Fsp3) is 0.409. The molecule has 0 aromatic heterocycles. The smallest absolute Gasteiger partial charge is 0.135 e. The second-order valence-corrected chi connectivity index (χ2v) is 7.68. The van der Waals surface area contributed by atoms with Gasteiger partial charge in [-0.3, -0.25) is 5.43 Å². The minimum atomic E-state index is -1.07. The van der Waals surface area contributed by atoms with Crippen molar-refractivity contribution >= 4 is 11.9 Å². The summed E-state index contributed by atoms with van der Waals surface area (Å²) in [5.41, 5.74) is 5.83. The molecule has 0 bridgehead atoms. The van der Waals surface area contributed by atoms with E-state index in [0.717, 1.165) is 36.9 Å². The Bertz CT molecular complexity index is 857. The number of nitrogens with one attached hydrogen (secondary N) is 1. The summed E-state index contributed by atoms with van der Waals surface area (Å²) < 4.78 is 13.0. The molecule has 1 aromatic rings. The van der Waals surface area contributed by atoms with E-state index in [1.807, 2.05) is 6.21 Å². The summed E-state index contributed by atoms with van der Waals surface area (Å²) in [6, 6.07) is 6.08. The zero-order chi connectivity index (χ0) is 18.4. The van der Waals surface area contributed by atoms with E-state index >= 15 is 0 Å².